The van der Waals surface area contributed by atoms with Crippen LogP contribution < -0.4 is 0 Å². The summed E-state index contributed by atoms with van der Waals surface area (Å²) in [6.07, 6.45) is 27.5. The van der Waals surface area contributed by atoms with Crippen molar-refractivity contribution in [1.82, 2.24) is 0 Å². The Labute approximate surface area is 166 Å². The molecule has 154 valence electrons. The molecule has 27 heavy (non-hydrogen) atoms. The second-order valence-electron chi connectivity index (χ2n) is 7.27. The van der Waals surface area contributed by atoms with Gasteiger partial charge in [-0.1, -0.05) is 62.6 Å². The van der Waals surface area contributed by atoms with E-state index >= 15 is 0 Å². The predicted molar refractivity (Wildman–Crippen MR) is 114 cm³/mol. The summed E-state index contributed by atoms with van der Waals surface area (Å²) >= 11 is 0. The van der Waals surface area contributed by atoms with Gasteiger partial charge in [0, 0.05) is 13.0 Å². The number of carbonyl (C=O) groups is 1. The van der Waals surface area contributed by atoms with Gasteiger partial charge in [0.05, 0.1) is 6.10 Å². The first kappa shape index (κ1) is 23.7. The molecular formula is C24H40O3. The number of unbranched alkanes of at least 4 members (excludes halogenated alkanes) is 5. The number of hydrogen-bond donors (Lipinski definition) is 0. The third-order valence-corrected chi connectivity index (χ3v) is 4.74. The Bertz CT molecular complexity index is 431. The molecule has 1 unspecified atom stereocenters. The summed E-state index contributed by atoms with van der Waals surface area (Å²) in [6.45, 7) is 3.41. The fourth-order valence-corrected chi connectivity index (χ4v) is 3.09. The van der Waals surface area contributed by atoms with Crippen LogP contribution in [0, 0.1) is 0 Å². The summed E-state index contributed by atoms with van der Waals surface area (Å²) < 4.78 is 10.9. The average Bonchev–Trinajstić information content (AvgIpc) is 2.70. The number of ether oxygens (including phenoxy) is 2. The molecule has 1 heterocycles. The molecule has 3 heteroatoms. The van der Waals surface area contributed by atoms with E-state index in [0.29, 0.717) is 13.0 Å². The van der Waals surface area contributed by atoms with Gasteiger partial charge < -0.3 is 9.47 Å². The van der Waals surface area contributed by atoms with E-state index < -0.39 is 0 Å². The third kappa shape index (κ3) is 15.4. The second-order valence-corrected chi connectivity index (χ2v) is 7.27. The average molecular weight is 377 g/mol. The van der Waals surface area contributed by atoms with E-state index in [4.69, 9.17) is 9.47 Å². The van der Waals surface area contributed by atoms with Crippen molar-refractivity contribution in [2.24, 2.45) is 0 Å². The zero-order valence-electron chi connectivity index (χ0n) is 17.4. The third-order valence-electron chi connectivity index (χ3n) is 4.74. The van der Waals surface area contributed by atoms with E-state index in [-0.39, 0.29) is 12.1 Å². The molecule has 1 saturated heterocycles. The number of allylic oxidation sites excluding steroid dienone is 6. The Kier molecular flexibility index (Phi) is 15.8. The molecule has 0 aromatic rings. The summed E-state index contributed by atoms with van der Waals surface area (Å²) in [5.74, 6) is -0.0645. The van der Waals surface area contributed by atoms with Gasteiger partial charge in [0.25, 0.3) is 0 Å². The van der Waals surface area contributed by atoms with Crippen LogP contribution in [-0.2, 0) is 14.3 Å². The van der Waals surface area contributed by atoms with Gasteiger partial charge in [-0.2, -0.15) is 0 Å². The lowest BCUT2D eigenvalue weighted by atomic mass is 10.1. The monoisotopic (exact) mass is 376 g/mol. The van der Waals surface area contributed by atoms with E-state index in [1.165, 1.54) is 25.7 Å². The lowest BCUT2D eigenvalue weighted by molar-refractivity contribution is -0.149. The lowest BCUT2D eigenvalue weighted by Crippen LogP contribution is -2.25. The van der Waals surface area contributed by atoms with Crippen molar-refractivity contribution in [3.63, 3.8) is 0 Å². The van der Waals surface area contributed by atoms with Gasteiger partial charge in [0.2, 0.25) is 0 Å². The second kappa shape index (κ2) is 18.0. The minimum absolute atomic E-state index is 0.0645. The summed E-state index contributed by atoms with van der Waals surface area (Å²) in [7, 11) is 0. The fourth-order valence-electron chi connectivity index (χ4n) is 3.09. The molecule has 1 fully saturated rings. The highest BCUT2D eigenvalue weighted by molar-refractivity contribution is 5.69. The zero-order valence-corrected chi connectivity index (χ0v) is 17.4. The summed E-state index contributed by atoms with van der Waals surface area (Å²) in [5, 5.41) is 0. The topological polar surface area (TPSA) is 35.5 Å². The van der Waals surface area contributed by atoms with Crippen LogP contribution in [0.5, 0.6) is 0 Å². The first-order valence-corrected chi connectivity index (χ1v) is 11.0. The molecule has 0 saturated carbocycles. The van der Waals surface area contributed by atoms with Gasteiger partial charge >= 0.3 is 5.97 Å². The van der Waals surface area contributed by atoms with Gasteiger partial charge in [-0.15, -0.1) is 0 Å². The van der Waals surface area contributed by atoms with E-state index in [1.54, 1.807) is 0 Å². The van der Waals surface area contributed by atoms with Crippen LogP contribution in [0.4, 0.5) is 0 Å². The molecule has 0 aromatic carbocycles. The van der Waals surface area contributed by atoms with Crippen LogP contribution in [0.3, 0.4) is 0 Å². The van der Waals surface area contributed by atoms with Crippen LogP contribution >= 0.6 is 0 Å². The molecule has 1 aliphatic heterocycles. The van der Waals surface area contributed by atoms with Gasteiger partial charge in [-0.25, -0.2) is 0 Å². The number of rotatable bonds is 15. The Hall–Kier alpha value is -1.35. The van der Waals surface area contributed by atoms with Crippen LogP contribution in [0.1, 0.15) is 90.4 Å². The zero-order chi connectivity index (χ0) is 19.4. The number of esters is 1. The van der Waals surface area contributed by atoms with Crippen LogP contribution in [0.25, 0.3) is 0 Å². The van der Waals surface area contributed by atoms with E-state index in [9.17, 15) is 4.79 Å². The smallest absolute Gasteiger partial charge is 0.305 e. The van der Waals surface area contributed by atoms with Gasteiger partial charge in [0.1, 0.15) is 6.61 Å². The van der Waals surface area contributed by atoms with Crippen molar-refractivity contribution < 1.29 is 14.3 Å². The molecule has 3 nitrogen and oxygen atoms in total. The highest BCUT2D eigenvalue weighted by Crippen LogP contribution is 2.13. The maximum Gasteiger partial charge on any atom is 0.305 e. The normalized spacial score (nSPS) is 18.0. The molecule has 0 amide bonds. The molecule has 0 bridgehead atoms. The van der Waals surface area contributed by atoms with Gasteiger partial charge in [-0.05, 0) is 57.8 Å². The molecule has 1 atom stereocenters. The number of hydrogen-bond acceptors (Lipinski definition) is 3. The summed E-state index contributed by atoms with van der Waals surface area (Å²) in [5.41, 5.74) is 0. The largest absolute Gasteiger partial charge is 0.463 e. The first-order valence-electron chi connectivity index (χ1n) is 11.0. The van der Waals surface area contributed by atoms with Crippen molar-refractivity contribution in [2.45, 2.75) is 96.5 Å². The molecule has 1 rings (SSSR count). The fraction of sp³-hybridized carbons (Fsp3) is 0.708. The molecule has 0 radical (unpaired) electrons. The van der Waals surface area contributed by atoms with Crippen molar-refractivity contribution in [3.05, 3.63) is 36.5 Å². The molecule has 0 aromatic heterocycles. The quantitative estimate of drug-likeness (QED) is 0.181. The first-order chi connectivity index (χ1) is 13.3. The maximum atomic E-state index is 11.7. The molecular weight excluding hydrogens is 336 g/mol. The van der Waals surface area contributed by atoms with Crippen LogP contribution in [0.2, 0.25) is 0 Å². The highest BCUT2D eigenvalue weighted by atomic mass is 16.6. The minimum atomic E-state index is -0.0645. The molecule has 0 N–H and O–H groups in total. The Morgan fingerprint density at radius 2 is 1.63 bits per heavy atom. The van der Waals surface area contributed by atoms with Crippen LogP contribution in [0.15, 0.2) is 36.5 Å². The van der Waals surface area contributed by atoms with E-state index in [2.05, 4.69) is 43.4 Å². The molecule has 0 aliphatic carbocycles. The standard InChI is InChI=1S/C24H40O3/c1-2-3-4-5-6-7-8-9-10-11-12-13-14-15-16-20-24(25)27-22-23-19-17-18-21-26-23/h3-4,6-7,9-10,23H,2,5,8,11-22H2,1H3/b4-3-,7-6-,10-9-. The van der Waals surface area contributed by atoms with Crippen molar-refractivity contribution in [1.29, 1.82) is 0 Å². The van der Waals surface area contributed by atoms with Crippen molar-refractivity contribution >= 4 is 5.97 Å². The van der Waals surface area contributed by atoms with Crippen LogP contribution in [-0.4, -0.2) is 25.3 Å². The van der Waals surface area contributed by atoms with Crippen molar-refractivity contribution in [3.8, 4) is 0 Å². The molecule has 0 spiro atoms. The minimum Gasteiger partial charge on any atom is -0.463 e. The van der Waals surface area contributed by atoms with E-state index in [1.807, 2.05) is 0 Å². The number of carbonyl (C=O) groups excluding carboxylic acids is 1. The Balaban J connectivity index is 1.83. The SMILES string of the molecule is CC/C=C\C/C=C\C/C=C\CCCCCCCC(=O)OCC1CCCCO1. The Morgan fingerprint density at radius 1 is 0.926 bits per heavy atom. The lowest BCUT2D eigenvalue weighted by Gasteiger charge is -2.22. The molecule has 1 aliphatic rings. The predicted octanol–water partition coefficient (Wildman–Crippen LogP) is 6.69. The van der Waals surface area contributed by atoms with Crippen molar-refractivity contribution in [2.75, 3.05) is 13.2 Å². The summed E-state index contributed by atoms with van der Waals surface area (Å²) in [4.78, 5) is 11.7. The Morgan fingerprint density at radius 3 is 2.37 bits per heavy atom. The van der Waals surface area contributed by atoms with E-state index in [0.717, 1.165) is 58.0 Å². The van der Waals surface area contributed by atoms with Gasteiger partial charge in [0.15, 0.2) is 0 Å². The highest BCUT2D eigenvalue weighted by Gasteiger charge is 2.15. The van der Waals surface area contributed by atoms with Gasteiger partial charge in [-0.3, -0.25) is 4.79 Å². The maximum absolute atomic E-state index is 11.7. The summed E-state index contributed by atoms with van der Waals surface area (Å²) in [6, 6.07) is 0.